The summed E-state index contributed by atoms with van der Waals surface area (Å²) in [5, 5.41) is 15.4. The first-order valence-electron chi connectivity index (χ1n) is 10.2. The highest BCUT2D eigenvalue weighted by Gasteiger charge is 2.15. The molecule has 0 unspecified atom stereocenters. The fourth-order valence-electron chi connectivity index (χ4n) is 3.13. The van der Waals surface area contributed by atoms with E-state index in [0.29, 0.717) is 28.3 Å². The van der Waals surface area contributed by atoms with Crippen LogP contribution in [-0.2, 0) is 17.8 Å². The number of halogens is 1. The van der Waals surface area contributed by atoms with E-state index >= 15 is 0 Å². The quantitative estimate of drug-likeness (QED) is 0.232. The van der Waals surface area contributed by atoms with Crippen LogP contribution < -0.4 is 5.32 Å². The Morgan fingerprint density at radius 3 is 2.67 bits per heavy atom. The third kappa shape index (κ3) is 6.10. The molecular formula is C24H22ClN5OS2. The fraction of sp³-hybridized carbons (Fsp3) is 0.167. The summed E-state index contributed by atoms with van der Waals surface area (Å²) < 4.78 is 1.97. The summed E-state index contributed by atoms with van der Waals surface area (Å²) in [5.41, 5.74) is 4.15. The number of benzene rings is 2. The molecule has 0 radical (unpaired) electrons. The number of aromatic nitrogens is 4. The average molecular weight is 496 g/mol. The third-order valence-electron chi connectivity index (χ3n) is 4.81. The van der Waals surface area contributed by atoms with Crippen molar-refractivity contribution in [2.45, 2.75) is 25.0 Å². The molecule has 6 nitrogen and oxygen atoms in total. The zero-order valence-electron chi connectivity index (χ0n) is 18.0. The standard InChI is InChI=1S/C24H22ClN5OS2/c1-3-12-30-21(13-17-6-10-19(25)11-7-17)28-29-24(30)33-15-22(31)27-23-26-20(14-32-23)18-8-4-16(2)5-9-18/h3-11,14H,1,12-13,15H2,2H3,(H,26,27,31). The zero-order valence-corrected chi connectivity index (χ0v) is 20.4. The summed E-state index contributed by atoms with van der Waals surface area (Å²) >= 11 is 8.72. The fourth-order valence-corrected chi connectivity index (χ4v) is 4.76. The Bertz CT molecular complexity index is 1250. The maximum Gasteiger partial charge on any atom is 0.236 e. The molecule has 1 N–H and O–H groups in total. The minimum Gasteiger partial charge on any atom is -0.302 e. The molecule has 0 aliphatic heterocycles. The van der Waals surface area contributed by atoms with Crippen LogP contribution in [0.5, 0.6) is 0 Å². The van der Waals surface area contributed by atoms with Gasteiger partial charge < -0.3 is 9.88 Å². The maximum atomic E-state index is 12.5. The first-order valence-corrected chi connectivity index (χ1v) is 12.5. The van der Waals surface area contributed by atoms with Gasteiger partial charge in [0, 0.05) is 28.9 Å². The summed E-state index contributed by atoms with van der Waals surface area (Å²) in [7, 11) is 0. The van der Waals surface area contributed by atoms with E-state index in [1.54, 1.807) is 6.08 Å². The lowest BCUT2D eigenvalue weighted by Gasteiger charge is -2.08. The molecule has 2 aromatic carbocycles. The van der Waals surface area contributed by atoms with Crippen molar-refractivity contribution >= 4 is 45.7 Å². The van der Waals surface area contributed by atoms with Crippen LogP contribution in [0.4, 0.5) is 5.13 Å². The molecule has 0 saturated heterocycles. The number of hydrogen-bond donors (Lipinski definition) is 1. The molecule has 0 fully saturated rings. The number of thiazole rings is 1. The molecule has 168 valence electrons. The van der Waals surface area contributed by atoms with Crippen LogP contribution in [0.1, 0.15) is 17.0 Å². The van der Waals surface area contributed by atoms with Gasteiger partial charge in [-0.25, -0.2) is 4.98 Å². The van der Waals surface area contributed by atoms with Crippen LogP contribution >= 0.6 is 34.7 Å². The smallest absolute Gasteiger partial charge is 0.236 e. The Labute approximate surface area is 205 Å². The van der Waals surface area contributed by atoms with Crippen molar-refractivity contribution < 1.29 is 4.79 Å². The van der Waals surface area contributed by atoms with E-state index < -0.39 is 0 Å². The van der Waals surface area contributed by atoms with Crippen molar-refractivity contribution in [3.05, 3.63) is 88.5 Å². The minimum atomic E-state index is -0.141. The summed E-state index contributed by atoms with van der Waals surface area (Å²) in [5.74, 6) is 0.871. The number of carbonyl (C=O) groups excluding carboxylic acids is 1. The lowest BCUT2D eigenvalue weighted by molar-refractivity contribution is -0.113. The van der Waals surface area contributed by atoms with E-state index in [1.807, 2.05) is 65.4 Å². The molecule has 9 heteroatoms. The van der Waals surface area contributed by atoms with Gasteiger partial charge in [0.25, 0.3) is 0 Å². The van der Waals surface area contributed by atoms with Gasteiger partial charge in [0.15, 0.2) is 10.3 Å². The van der Waals surface area contributed by atoms with Gasteiger partial charge in [-0.2, -0.15) is 0 Å². The number of allylic oxidation sites excluding steroid dienone is 1. The van der Waals surface area contributed by atoms with Crippen molar-refractivity contribution in [2.75, 3.05) is 11.1 Å². The lowest BCUT2D eigenvalue weighted by Crippen LogP contribution is -2.14. The predicted molar refractivity (Wildman–Crippen MR) is 136 cm³/mol. The molecule has 0 aliphatic rings. The van der Waals surface area contributed by atoms with E-state index in [4.69, 9.17) is 11.6 Å². The van der Waals surface area contributed by atoms with Gasteiger partial charge >= 0.3 is 0 Å². The Hall–Kier alpha value is -2.94. The number of aryl methyl sites for hydroxylation is 1. The molecule has 0 saturated carbocycles. The van der Waals surface area contributed by atoms with Gasteiger partial charge in [-0.3, -0.25) is 4.79 Å². The van der Waals surface area contributed by atoms with Crippen molar-refractivity contribution in [3.63, 3.8) is 0 Å². The number of hydrogen-bond acceptors (Lipinski definition) is 6. The Morgan fingerprint density at radius 1 is 1.18 bits per heavy atom. The van der Waals surface area contributed by atoms with Crippen LogP contribution in [0.25, 0.3) is 11.3 Å². The Morgan fingerprint density at radius 2 is 1.94 bits per heavy atom. The highest BCUT2D eigenvalue weighted by molar-refractivity contribution is 7.99. The number of nitrogens with one attached hydrogen (secondary N) is 1. The summed E-state index contributed by atoms with van der Waals surface area (Å²) in [6.45, 7) is 6.44. The van der Waals surface area contributed by atoms with Gasteiger partial charge in [0.1, 0.15) is 5.82 Å². The predicted octanol–water partition coefficient (Wildman–Crippen LogP) is 5.87. The van der Waals surface area contributed by atoms with E-state index in [9.17, 15) is 4.79 Å². The molecule has 1 amide bonds. The highest BCUT2D eigenvalue weighted by atomic mass is 35.5. The summed E-state index contributed by atoms with van der Waals surface area (Å²) in [6, 6.07) is 15.8. The third-order valence-corrected chi connectivity index (χ3v) is 6.79. The Kier molecular flexibility index (Phi) is 7.59. The van der Waals surface area contributed by atoms with E-state index in [-0.39, 0.29) is 11.7 Å². The van der Waals surface area contributed by atoms with Crippen molar-refractivity contribution in [3.8, 4) is 11.3 Å². The van der Waals surface area contributed by atoms with E-state index in [0.717, 1.165) is 22.6 Å². The first-order chi connectivity index (χ1) is 16.0. The van der Waals surface area contributed by atoms with Crippen LogP contribution in [0.3, 0.4) is 0 Å². The number of anilines is 1. The Balaban J connectivity index is 1.38. The van der Waals surface area contributed by atoms with Gasteiger partial charge in [-0.15, -0.1) is 28.1 Å². The molecule has 0 aliphatic carbocycles. The molecule has 4 rings (SSSR count). The number of rotatable bonds is 9. The lowest BCUT2D eigenvalue weighted by atomic mass is 10.1. The molecule has 33 heavy (non-hydrogen) atoms. The molecular weight excluding hydrogens is 474 g/mol. The number of carbonyl (C=O) groups is 1. The first kappa shape index (κ1) is 23.2. The summed E-state index contributed by atoms with van der Waals surface area (Å²) in [6.07, 6.45) is 2.41. The second kappa shape index (κ2) is 10.8. The molecule has 0 spiro atoms. The molecule has 2 heterocycles. The van der Waals surface area contributed by atoms with Crippen LogP contribution in [0.15, 0.2) is 71.7 Å². The van der Waals surface area contributed by atoms with Crippen LogP contribution in [0, 0.1) is 6.92 Å². The zero-order chi connectivity index (χ0) is 23.2. The van der Waals surface area contributed by atoms with E-state index in [1.165, 1.54) is 28.7 Å². The van der Waals surface area contributed by atoms with Gasteiger partial charge in [-0.05, 0) is 24.6 Å². The van der Waals surface area contributed by atoms with Gasteiger partial charge in [-0.1, -0.05) is 71.4 Å². The second-order valence-electron chi connectivity index (χ2n) is 7.34. The number of amides is 1. The summed E-state index contributed by atoms with van der Waals surface area (Å²) in [4.78, 5) is 17.1. The number of thioether (sulfide) groups is 1. The largest absolute Gasteiger partial charge is 0.302 e. The monoisotopic (exact) mass is 495 g/mol. The SMILES string of the molecule is C=CCn1c(Cc2ccc(Cl)cc2)nnc1SCC(=O)Nc1nc(-c2ccc(C)cc2)cs1. The normalized spacial score (nSPS) is 10.8. The highest BCUT2D eigenvalue weighted by Crippen LogP contribution is 2.26. The topological polar surface area (TPSA) is 72.7 Å². The molecule has 0 bridgehead atoms. The van der Waals surface area contributed by atoms with Crippen LogP contribution in [-0.4, -0.2) is 31.4 Å². The van der Waals surface area contributed by atoms with Crippen LogP contribution in [0.2, 0.25) is 5.02 Å². The van der Waals surface area contributed by atoms with Gasteiger partial charge in [0.2, 0.25) is 5.91 Å². The molecule has 0 atom stereocenters. The molecule has 2 aromatic heterocycles. The number of nitrogens with zero attached hydrogens (tertiary/aromatic N) is 4. The maximum absolute atomic E-state index is 12.5. The van der Waals surface area contributed by atoms with Gasteiger partial charge in [0.05, 0.1) is 11.4 Å². The van der Waals surface area contributed by atoms with Crippen molar-refractivity contribution in [2.24, 2.45) is 0 Å². The molecule has 4 aromatic rings. The van der Waals surface area contributed by atoms with Crippen molar-refractivity contribution in [1.29, 1.82) is 0 Å². The van der Waals surface area contributed by atoms with Crippen molar-refractivity contribution in [1.82, 2.24) is 19.7 Å². The average Bonchev–Trinajstić information content (AvgIpc) is 3.42. The van der Waals surface area contributed by atoms with E-state index in [2.05, 4.69) is 27.1 Å². The minimum absolute atomic E-state index is 0.141. The second-order valence-corrected chi connectivity index (χ2v) is 9.58.